The second-order valence-electron chi connectivity index (χ2n) is 3.32. The lowest BCUT2D eigenvalue weighted by Gasteiger charge is -2.22. The van der Waals surface area contributed by atoms with Gasteiger partial charge in [0.25, 0.3) is 0 Å². The molecule has 0 aromatic heterocycles. The zero-order valence-electron chi connectivity index (χ0n) is 7.59. The van der Waals surface area contributed by atoms with Crippen LogP contribution in [-0.4, -0.2) is 28.3 Å². The highest BCUT2D eigenvalue weighted by molar-refractivity contribution is 5.88. The first kappa shape index (κ1) is 11.0. The molecule has 0 aromatic carbocycles. The molecule has 0 aliphatic heterocycles. The van der Waals surface area contributed by atoms with E-state index in [9.17, 15) is 4.79 Å². The van der Waals surface area contributed by atoms with Crippen molar-refractivity contribution in [3.8, 4) is 0 Å². The molecule has 0 fully saturated rings. The van der Waals surface area contributed by atoms with Crippen LogP contribution in [0.3, 0.4) is 0 Å². The number of carbonyl (C=O) groups excluding carboxylic acids is 1. The molecular formula is C8H15NO3. The lowest BCUT2D eigenvalue weighted by molar-refractivity contribution is -0.118. The van der Waals surface area contributed by atoms with Gasteiger partial charge in [-0.1, -0.05) is 0 Å². The molecule has 4 nitrogen and oxygen atoms in total. The van der Waals surface area contributed by atoms with Gasteiger partial charge in [-0.2, -0.15) is 0 Å². The monoisotopic (exact) mass is 173 g/mol. The number of rotatable bonds is 3. The van der Waals surface area contributed by atoms with E-state index in [0.29, 0.717) is 0 Å². The second kappa shape index (κ2) is 4.11. The molecule has 0 rings (SSSR count). The molecule has 0 aliphatic carbocycles. The Bertz CT molecular complexity index is 192. The van der Waals surface area contributed by atoms with Crippen molar-refractivity contribution in [3.63, 3.8) is 0 Å². The van der Waals surface area contributed by atoms with E-state index < -0.39 is 11.4 Å². The highest BCUT2D eigenvalue weighted by Gasteiger charge is 2.17. The van der Waals surface area contributed by atoms with Gasteiger partial charge in [-0.15, -0.1) is 0 Å². The number of aliphatic hydroxyl groups is 2. The van der Waals surface area contributed by atoms with Crippen molar-refractivity contribution < 1.29 is 15.0 Å². The molecule has 0 unspecified atom stereocenters. The maximum atomic E-state index is 11.0. The van der Waals surface area contributed by atoms with Gasteiger partial charge in [0.1, 0.15) is 0 Å². The first-order valence-electron chi connectivity index (χ1n) is 3.67. The molecule has 3 N–H and O–H groups in total. The van der Waals surface area contributed by atoms with Gasteiger partial charge in [-0.05, 0) is 20.8 Å². The van der Waals surface area contributed by atoms with Crippen molar-refractivity contribution in [1.29, 1.82) is 0 Å². The minimum absolute atomic E-state index is 0.0544. The number of carbonyl (C=O) groups is 1. The normalized spacial score (nSPS) is 12.8. The van der Waals surface area contributed by atoms with Crippen molar-refractivity contribution in [2.24, 2.45) is 0 Å². The summed E-state index contributed by atoms with van der Waals surface area (Å²) in [7, 11) is 0. The molecule has 0 saturated carbocycles. The summed E-state index contributed by atoms with van der Waals surface area (Å²) in [5, 5.41) is 20.0. The summed E-state index contributed by atoms with van der Waals surface area (Å²) in [4.78, 5) is 11.0. The molecule has 4 heteroatoms. The molecule has 0 saturated heterocycles. The third-order valence-corrected chi connectivity index (χ3v) is 1.20. The zero-order valence-corrected chi connectivity index (χ0v) is 7.59. The third-order valence-electron chi connectivity index (χ3n) is 1.20. The van der Waals surface area contributed by atoms with Crippen molar-refractivity contribution in [3.05, 3.63) is 11.8 Å². The second-order valence-corrected chi connectivity index (χ2v) is 3.32. The largest absolute Gasteiger partial charge is 0.512 e. The van der Waals surface area contributed by atoms with E-state index in [-0.39, 0.29) is 12.4 Å². The molecule has 0 aliphatic rings. The number of hydrogen-bond donors (Lipinski definition) is 3. The summed E-state index contributed by atoms with van der Waals surface area (Å²) in [5.41, 5.74) is -0.650. The number of hydrogen-bond acceptors (Lipinski definition) is 3. The Morgan fingerprint density at radius 3 is 2.42 bits per heavy atom. The summed E-state index contributed by atoms with van der Waals surface area (Å²) in [5.74, 6) is -0.463. The van der Waals surface area contributed by atoms with E-state index in [0.717, 1.165) is 6.08 Å². The molecule has 0 heterocycles. The number of aliphatic hydroxyl groups excluding tert-OH is 2. The van der Waals surface area contributed by atoms with Gasteiger partial charge in [0, 0.05) is 6.08 Å². The van der Waals surface area contributed by atoms with Crippen LogP contribution in [0, 0.1) is 0 Å². The van der Waals surface area contributed by atoms with Gasteiger partial charge in [0.15, 0.2) is 0 Å². The quantitative estimate of drug-likeness (QED) is 0.425. The molecule has 70 valence electrons. The van der Waals surface area contributed by atoms with Crippen molar-refractivity contribution in [1.82, 2.24) is 5.32 Å². The van der Waals surface area contributed by atoms with Crippen LogP contribution >= 0.6 is 0 Å². The Labute approximate surface area is 71.9 Å². The zero-order chi connectivity index (χ0) is 9.78. The van der Waals surface area contributed by atoms with Gasteiger partial charge in [-0.25, -0.2) is 0 Å². The molecule has 1 amide bonds. The summed E-state index contributed by atoms with van der Waals surface area (Å²) < 4.78 is 0. The lowest BCUT2D eigenvalue weighted by Crippen LogP contribution is -2.45. The first-order chi connectivity index (χ1) is 5.37. The van der Waals surface area contributed by atoms with Crippen molar-refractivity contribution >= 4 is 5.91 Å². The van der Waals surface area contributed by atoms with E-state index in [2.05, 4.69) is 5.32 Å². The topological polar surface area (TPSA) is 69.6 Å². The van der Waals surface area contributed by atoms with Gasteiger partial charge in [-0.3, -0.25) is 4.79 Å². The maximum absolute atomic E-state index is 11.0. The third kappa shape index (κ3) is 4.73. The summed E-state index contributed by atoms with van der Waals surface area (Å²) in [6.45, 7) is 4.64. The standard InChI is InChI=1S/C8H15NO3/c1-6(11)4-7(12)9-8(2,3)5-10/h4,10-11H,5H2,1-3H3,(H,9,12). The minimum Gasteiger partial charge on any atom is -0.512 e. The van der Waals surface area contributed by atoms with Crippen molar-refractivity contribution in [2.45, 2.75) is 26.3 Å². The van der Waals surface area contributed by atoms with Crippen LogP contribution < -0.4 is 5.32 Å². The van der Waals surface area contributed by atoms with Crippen LogP contribution in [-0.2, 0) is 4.79 Å². The fourth-order valence-corrected chi connectivity index (χ4v) is 0.599. The molecular weight excluding hydrogens is 158 g/mol. The maximum Gasteiger partial charge on any atom is 0.247 e. The van der Waals surface area contributed by atoms with E-state index in [4.69, 9.17) is 10.2 Å². The Balaban J connectivity index is 4.10. The van der Waals surface area contributed by atoms with E-state index in [1.54, 1.807) is 13.8 Å². The Hall–Kier alpha value is -1.03. The Morgan fingerprint density at radius 2 is 2.08 bits per heavy atom. The molecule has 0 radical (unpaired) electrons. The van der Waals surface area contributed by atoms with Gasteiger partial charge >= 0.3 is 0 Å². The minimum atomic E-state index is -0.650. The summed E-state index contributed by atoms with van der Waals surface area (Å²) in [6.07, 6.45) is 1.07. The number of amides is 1. The van der Waals surface area contributed by atoms with E-state index in [1.807, 2.05) is 0 Å². The van der Waals surface area contributed by atoms with Gasteiger partial charge in [0.05, 0.1) is 17.9 Å². The average molecular weight is 173 g/mol. The van der Waals surface area contributed by atoms with E-state index in [1.165, 1.54) is 6.92 Å². The average Bonchev–Trinajstić information content (AvgIpc) is 1.84. The van der Waals surface area contributed by atoms with Gasteiger partial charge < -0.3 is 15.5 Å². The Kier molecular flexibility index (Phi) is 3.76. The van der Waals surface area contributed by atoms with E-state index >= 15 is 0 Å². The molecule has 0 spiro atoms. The fourth-order valence-electron chi connectivity index (χ4n) is 0.599. The predicted octanol–water partition coefficient (Wildman–Crippen LogP) is 0.335. The van der Waals surface area contributed by atoms with Gasteiger partial charge in [0.2, 0.25) is 5.91 Å². The van der Waals surface area contributed by atoms with Crippen LogP contribution in [0.2, 0.25) is 0 Å². The predicted molar refractivity (Wildman–Crippen MR) is 45.7 cm³/mol. The number of nitrogens with one attached hydrogen (secondary N) is 1. The Morgan fingerprint density at radius 1 is 1.58 bits per heavy atom. The lowest BCUT2D eigenvalue weighted by atomic mass is 10.1. The molecule has 0 aromatic rings. The summed E-state index contributed by atoms with van der Waals surface area (Å²) in [6, 6.07) is 0. The number of allylic oxidation sites excluding steroid dienone is 1. The van der Waals surface area contributed by atoms with Crippen LogP contribution in [0.25, 0.3) is 0 Å². The van der Waals surface area contributed by atoms with Crippen LogP contribution in [0.15, 0.2) is 11.8 Å². The highest BCUT2D eigenvalue weighted by Crippen LogP contribution is 1.99. The molecule has 12 heavy (non-hydrogen) atoms. The van der Waals surface area contributed by atoms with Crippen LogP contribution in [0.1, 0.15) is 20.8 Å². The van der Waals surface area contributed by atoms with Crippen molar-refractivity contribution in [2.75, 3.05) is 6.61 Å². The van der Waals surface area contributed by atoms with Crippen LogP contribution in [0.5, 0.6) is 0 Å². The first-order valence-corrected chi connectivity index (χ1v) is 3.67. The summed E-state index contributed by atoms with van der Waals surface area (Å²) >= 11 is 0. The van der Waals surface area contributed by atoms with Crippen LogP contribution in [0.4, 0.5) is 0 Å². The highest BCUT2D eigenvalue weighted by atomic mass is 16.3. The fraction of sp³-hybridized carbons (Fsp3) is 0.625. The SMILES string of the molecule is CC(O)=CC(=O)NC(C)(C)CO. The molecule has 0 atom stereocenters. The molecule has 0 bridgehead atoms. The smallest absolute Gasteiger partial charge is 0.247 e.